The smallest absolute Gasteiger partial charge is 0.364 e. The summed E-state index contributed by atoms with van der Waals surface area (Å²) in [5.74, 6) is -4.56. The molecule has 0 aromatic rings. The van der Waals surface area contributed by atoms with Crippen molar-refractivity contribution in [3.63, 3.8) is 0 Å². The molecular weight excluding hydrogens is 260 g/mol. The van der Waals surface area contributed by atoms with Crippen LogP contribution < -0.4 is 5.32 Å². The van der Waals surface area contributed by atoms with Gasteiger partial charge in [0.15, 0.2) is 5.60 Å². The molecule has 1 spiro atoms. The van der Waals surface area contributed by atoms with Crippen molar-refractivity contribution in [2.45, 2.75) is 24.4 Å². The molecule has 19 heavy (non-hydrogen) atoms. The van der Waals surface area contributed by atoms with E-state index in [4.69, 9.17) is 14.3 Å². The van der Waals surface area contributed by atoms with Gasteiger partial charge in [0.2, 0.25) is 0 Å². The Morgan fingerprint density at radius 2 is 1.89 bits per heavy atom. The summed E-state index contributed by atoms with van der Waals surface area (Å²) in [5, 5.41) is 14.0. The lowest BCUT2D eigenvalue weighted by molar-refractivity contribution is -0.373. The highest BCUT2D eigenvalue weighted by Crippen LogP contribution is 2.34. The molecule has 3 heterocycles. The second-order valence-corrected chi connectivity index (χ2v) is 4.70. The Bertz CT molecular complexity index is 463. The number of hydroxylamine groups is 2. The fraction of sp³-hybridized carbons (Fsp3) is 0.700. The summed E-state index contributed by atoms with van der Waals surface area (Å²) in [6.45, 7) is 0.604. The van der Waals surface area contributed by atoms with Crippen LogP contribution in [0.2, 0.25) is 0 Å². The van der Waals surface area contributed by atoms with Crippen molar-refractivity contribution in [3.8, 4) is 0 Å². The summed E-state index contributed by atoms with van der Waals surface area (Å²) in [6.07, 6.45) is -1.29. The van der Waals surface area contributed by atoms with Crippen LogP contribution in [-0.4, -0.2) is 59.2 Å². The zero-order chi connectivity index (χ0) is 13.7. The monoisotopic (exact) mass is 272 g/mol. The largest absolute Gasteiger partial charge is 0.405 e. The lowest BCUT2D eigenvalue weighted by Crippen LogP contribution is -2.66. The third-order valence-electron chi connectivity index (χ3n) is 3.21. The van der Waals surface area contributed by atoms with Crippen LogP contribution in [0.25, 0.3) is 0 Å². The molecule has 2 N–H and O–H groups in total. The van der Waals surface area contributed by atoms with Crippen molar-refractivity contribution in [1.29, 1.82) is 0 Å². The lowest BCUT2D eigenvalue weighted by atomic mass is 9.96. The highest BCUT2D eigenvalue weighted by atomic mass is 16.8. The number of fused-ring (bicyclic) bond motifs is 2. The normalized spacial score (nSPS) is 39.3. The number of nitrogens with one attached hydrogen (secondary N) is 1. The molecule has 0 saturated carbocycles. The zero-order valence-electron chi connectivity index (χ0n) is 9.88. The van der Waals surface area contributed by atoms with Crippen LogP contribution >= 0.6 is 0 Å². The average molecular weight is 272 g/mol. The van der Waals surface area contributed by atoms with Gasteiger partial charge in [-0.25, -0.2) is 4.79 Å². The Morgan fingerprint density at radius 3 is 2.68 bits per heavy atom. The molecule has 0 radical (unpaired) electrons. The molecule has 3 rings (SSSR count). The Kier molecular flexibility index (Phi) is 2.52. The summed E-state index contributed by atoms with van der Waals surface area (Å²) in [4.78, 5) is 40.3. The number of aliphatic hydroxyl groups is 1. The standard InChI is InChI=1S/C10H12N2O7/c13-6-3-9(16)4-7(14)19-12-2-1-11-5-10(12,17-6)18-8(9)15/h11,16H,1-5H2. The van der Waals surface area contributed by atoms with Crippen LogP contribution in [0.1, 0.15) is 12.8 Å². The second kappa shape index (κ2) is 3.89. The maximum Gasteiger partial charge on any atom is 0.364 e. The molecule has 0 aromatic heterocycles. The third-order valence-corrected chi connectivity index (χ3v) is 3.21. The summed E-state index contributed by atoms with van der Waals surface area (Å²) in [6, 6.07) is 0. The van der Waals surface area contributed by atoms with E-state index < -0.39 is 42.3 Å². The van der Waals surface area contributed by atoms with Gasteiger partial charge in [0.25, 0.3) is 0 Å². The van der Waals surface area contributed by atoms with Crippen molar-refractivity contribution >= 4 is 17.9 Å². The number of rotatable bonds is 0. The summed E-state index contributed by atoms with van der Waals surface area (Å²) in [7, 11) is 0. The van der Waals surface area contributed by atoms with Crippen LogP contribution in [-0.2, 0) is 28.7 Å². The van der Waals surface area contributed by atoms with E-state index in [2.05, 4.69) is 5.32 Å². The van der Waals surface area contributed by atoms with E-state index in [0.29, 0.717) is 6.54 Å². The Balaban J connectivity index is 2.07. The van der Waals surface area contributed by atoms with Crippen molar-refractivity contribution in [2.75, 3.05) is 19.6 Å². The molecule has 3 fully saturated rings. The first-order chi connectivity index (χ1) is 8.93. The molecule has 2 bridgehead atoms. The van der Waals surface area contributed by atoms with Crippen molar-refractivity contribution in [2.24, 2.45) is 0 Å². The van der Waals surface area contributed by atoms with Gasteiger partial charge in [-0.2, -0.15) is 0 Å². The van der Waals surface area contributed by atoms with E-state index in [1.165, 1.54) is 0 Å². The van der Waals surface area contributed by atoms with Crippen molar-refractivity contribution in [1.82, 2.24) is 10.4 Å². The SMILES string of the molecule is O=C1CC2(O)CC(=O)OC3(CNCCN3O1)OC2=O. The van der Waals surface area contributed by atoms with E-state index in [1.54, 1.807) is 0 Å². The molecule has 2 unspecified atom stereocenters. The highest BCUT2D eigenvalue weighted by Gasteiger charge is 2.59. The van der Waals surface area contributed by atoms with Crippen molar-refractivity contribution in [3.05, 3.63) is 0 Å². The first-order valence-corrected chi connectivity index (χ1v) is 5.80. The van der Waals surface area contributed by atoms with Gasteiger partial charge in [-0.05, 0) is 0 Å². The molecule has 0 aromatic carbocycles. The molecule has 9 nitrogen and oxygen atoms in total. The van der Waals surface area contributed by atoms with Gasteiger partial charge in [-0.15, -0.1) is 0 Å². The molecular formula is C10H12N2O7. The minimum absolute atomic E-state index is 0.0478. The number of hydrogen-bond donors (Lipinski definition) is 2. The lowest BCUT2D eigenvalue weighted by Gasteiger charge is -2.42. The number of carbonyl (C=O) groups is 3. The van der Waals surface area contributed by atoms with Gasteiger partial charge < -0.3 is 24.7 Å². The van der Waals surface area contributed by atoms with Gasteiger partial charge >= 0.3 is 23.8 Å². The molecule has 3 saturated heterocycles. The average Bonchev–Trinajstić information content (AvgIpc) is 2.36. The van der Waals surface area contributed by atoms with E-state index in [0.717, 1.165) is 5.06 Å². The van der Waals surface area contributed by atoms with Gasteiger partial charge in [0.1, 0.15) is 0 Å². The predicted octanol–water partition coefficient (Wildman–Crippen LogP) is -2.37. The zero-order valence-corrected chi connectivity index (χ0v) is 9.88. The van der Waals surface area contributed by atoms with Gasteiger partial charge in [0.05, 0.1) is 25.9 Å². The number of piperazine rings is 1. The van der Waals surface area contributed by atoms with Gasteiger partial charge in [-0.3, -0.25) is 9.59 Å². The third kappa shape index (κ3) is 1.86. The van der Waals surface area contributed by atoms with E-state index in [9.17, 15) is 19.5 Å². The highest BCUT2D eigenvalue weighted by molar-refractivity contribution is 5.91. The summed E-state index contributed by atoms with van der Waals surface area (Å²) >= 11 is 0. The number of esters is 2. The maximum atomic E-state index is 11.9. The van der Waals surface area contributed by atoms with Crippen LogP contribution in [0, 0.1) is 0 Å². The van der Waals surface area contributed by atoms with Crippen LogP contribution in [0.5, 0.6) is 0 Å². The van der Waals surface area contributed by atoms with Crippen molar-refractivity contribution < 1.29 is 33.8 Å². The fourth-order valence-corrected chi connectivity index (χ4v) is 2.29. The number of nitrogens with zero attached hydrogens (tertiary/aromatic N) is 1. The molecule has 9 heteroatoms. The Hall–Kier alpha value is -1.71. The van der Waals surface area contributed by atoms with Crippen LogP contribution in [0.15, 0.2) is 0 Å². The first-order valence-electron chi connectivity index (χ1n) is 5.80. The quantitative estimate of drug-likeness (QED) is 0.467. The topological polar surface area (TPSA) is 114 Å². The summed E-state index contributed by atoms with van der Waals surface area (Å²) in [5.41, 5.74) is -2.23. The molecule has 2 atom stereocenters. The minimum Gasteiger partial charge on any atom is -0.405 e. The fourth-order valence-electron chi connectivity index (χ4n) is 2.29. The second-order valence-electron chi connectivity index (χ2n) is 4.70. The molecule has 104 valence electrons. The maximum absolute atomic E-state index is 11.9. The van der Waals surface area contributed by atoms with Gasteiger partial charge in [0, 0.05) is 6.54 Å². The Labute approximate surface area is 107 Å². The Morgan fingerprint density at radius 1 is 1.16 bits per heavy atom. The predicted molar refractivity (Wildman–Crippen MR) is 54.8 cm³/mol. The van der Waals surface area contributed by atoms with E-state index in [-0.39, 0.29) is 13.1 Å². The number of hydrogen-bond acceptors (Lipinski definition) is 9. The van der Waals surface area contributed by atoms with E-state index >= 15 is 0 Å². The summed E-state index contributed by atoms with van der Waals surface area (Å²) < 4.78 is 10.2. The van der Waals surface area contributed by atoms with Crippen LogP contribution in [0.4, 0.5) is 0 Å². The van der Waals surface area contributed by atoms with Gasteiger partial charge in [-0.1, -0.05) is 5.06 Å². The molecule has 0 aliphatic carbocycles. The molecule has 0 amide bonds. The van der Waals surface area contributed by atoms with Crippen LogP contribution in [0.3, 0.4) is 0 Å². The molecule has 3 aliphatic rings. The van der Waals surface area contributed by atoms with E-state index in [1.807, 2.05) is 0 Å². The number of carbonyl (C=O) groups excluding carboxylic acids is 3. The first kappa shape index (κ1) is 12.3. The molecule has 3 aliphatic heterocycles. The minimum atomic E-state index is -2.23. The number of ether oxygens (including phenoxy) is 2.